The second kappa shape index (κ2) is 8.22. The molecule has 0 saturated heterocycles. The van der Waals surface area contributed by atoms with Crippen LogP contribution in [0.1, 0.15) is 38.8 Å². The van der Waals surface area contributed by atoms with Gasteiger partial charge in [-0.15, -0.1) is 0 Å². The van der Waals surface area contributed by atoms with Crippen molar-refractivity contribution >= 4 is 0 Å². The Morgan fingerprint density at radius 2 is 1.78 bits per heavy atom. The number of halogens is 1. The summed E-state index contributed by atoms with van der Waals surface area (Å²) >= 11 is 0. The Bertz CT molecular complexity index is 324. The van der Waals surface area contributed by atoms with Gasteiger partial charge in [0.15, 0.2) is 0 Å². The molecule has 0 aromatic heterocycles. The first-order valence-corrected chi connectivity index (χ1v) is 6.66. The minimum atomic E-state index is -0.192. The summed E-state index contributed by atoms with van der Waals surface area (Å²) in [5.41, 5.74) is 1.10. The highest BCUT2D eigenvalue weighted by atomic mass is 19.1. The van der Waals surface area contributed by atoms with Crippen molar-refractivity contribution in [3.8, 4) is 0 Å². The Morgan fingerprint density at radius 1 is 1.11 bits per heavy atom. The van der Waals surface area contributed by atoms with Crippen LogP contribution < -0.4 is 5.32 Å². The minimum absolute atomic E-state index is 0.192. The average molecular weight is 253 g/mol. The van der Waals surface area contributed by atoms with Crippen LogP contribution in [-0.2, 0) is 4.74 Å². The van der Waals surface area contributed by atoms with E-state index in [1.807, 2.05) is 12.1 Å². The van der Waals surface area contributed by atoms with Crippen molar-refractivity contribution in [1.29, 1.82) is 0 Å². The summed E-state index contributed by atoms with van der Waals surface area (Å²) in [6.07, 6.45) is 1.10. The molecule has 1 aromatic carbocycles. The van der Waals surface area contributed by atoms with Gasteiger partial charge in [0.25, 0.3) is 0 Å². The zero-order valence-electron chi connectivity index (χ0n) is 11.6. The van der Waals surface area contributed by atoms with E-state index < -0.39 is 0 Å². The third kappa shape index (κ3) is 6.12. The number of hydrogen-bond donors (Lipinski definition) is 1. The van der Waals surface area contributed by atoms with Gasteiger partial charge in [0.05, 0.1) is 6.61 Å². The molecule has 1 aromatic rings. The van der Waals surface area contributed by atoms with Crippen molar-refractivity contribution in [2.45, 2.75) is 33.2 Å². The fourth-order valence-electron chi connectivity index (χ4n) is 1.64. The first-order valence-electron chi connectivity index (χ1n) is 6.66. The predicted octanol–water partition coefficient (Wildman–Crippen LogP) is 3.54. The largest absolute Gasteiger partial charge is 0.380 e. The van der Waals surface area contributed by atoms with Gasteiger partial charge in [-0.2, -0.15) is 0 Å². The van der Waals surface area contributed by atoms with E-state index in [1.165, 1.54) is 12.1 Å². The molecule has 0 saturated carbocycles. The van der Waals surface area contributed by atoms with Crippen molar-refractivity contribution in [2.75, 3.05) is 19.8 Å². The average Bonchev–Trinajstić information content (AvgIpc) is 2.34. The zero-order valence-corrected chi connectivity index (χ0v) is 11.6. The van der Waals surface area contributed by atoms with Gasteiger partial charge in [-0.1, -0.05) is 26.0 Å². The molecule has 3 heteroatoms. The Balaban J connectivity index is 2.13. The third-order valence-corrected chi connectivity index (χ3v) is 2.91. The summed E-state index contributed by atoms with van der Waals surface area (Å²) in [7, 11) is 0. The van der Waals surface area contributed by atoms with Crippen molar-refractivity contribution in [2.24, 2.45) is 5.92 Å². The van der Waals surface area contributed by atoms with Crippen LogP contribution in [0.2, 0.25) is 0 Å². The summed E-state index contributed by atoms with van der Waals surface area (Å²) in [6, 6.07) is 6.83. The number of nitrogens with one attached hydrogen (secondary N) is 1. The monoisotopic (exact) mass is 253 g/mol. The molecule has 0 heterocycles. The quantitative estimate of drug-likeness (QED) is 0.715. The van der Waals surface area contributed by atoms with E-state index in [0.717, 1.165) is 31.7 Å². The smallest absolute Gasteiger partial charge is 0.123 e. The molecule has 1 rings (SSSR count). The zero-order chi connectivity index (χ0) is 13.4. The standard InChI is InChI=1S/C15H24FNO/c1-12(2)8-10-18-11-9-17-13(3)14-4-6-15(16)7-5-14/h4-7,12-13,17H,8-11H2,1-3H3. The first-order chi connectivity index (χ1) is 8.59. The van der Waals surface area contributed by atoms with E-state index in [9.17, 15) is 4.39 Å². The lowest BCUT2D eigenvalue weighted by Gasteiger charge is -2.14. The highest BCUT2D eigenvalue weighted by molar-refractivity contribution is 5.19. The van der Waals surface area contributed by atoms with Crippen LogP contribution in [0.4, 0.5) is 4.39 Å². The summed E-state index contributed by atoms with van der Waals surface area (Å²) in [5.74, 6) is 0.499. The third-order valence-electron chi connectivity index (χ3n) is 2.91. The van der Waals surface area contributed by atoms with E-state index in [4.69, 9.17) is 4.74 Å². The number of ether oxygens (including phenoxy) is 1. The predicted molar refractivity (Wildman–Crippen MR) is 73.1 cm³/mol. The van der Waals surface area contributed by atoms with Crippen LogP contribution in [0.25, 0.3) is 0 Å². The molecule has 1 unspecified atom stereocenters. The highest BCUT2D eigenvalue weighted by Gasteiger charge is 2.04. The number of rotatable bonds is 8. The second-order valence-corrected chi connectivity index (χ2v) is 5.02. The van der Waals surface area contributed by atoms with Crippen LogP contribution >= 0.6 is 0 Å². The fraction of sp³-hybridized carbons (Fsp3) is 0.600. The van der Waals surface area contributed by atoms with Crippen molar-refractivity contribution < 1.29 is 9.13 Å². The lowest BCUT2D eigenvalue weighted by Crippen LogP contribution is -2.23. The lowest BCUT2D eigenvalue weighted by molar-refractivity contribution is 0.123. The van der Waals surface area contributed by atoms with E-state index in [0.29, 0.717) is 5.92 Å². The van der Waals surface area contributed by atoms with Gasteiger partial charge in [-0.05, 0) is 37.0 Å². The summed E-state index contributed by atoms with van der Waals surface area (Å²) in [6.45, 7) is 8.82. The number of benzene rings is 1. The normalized spacial score (nSPS) is 12.9. The fourth-order valence-corrected chi connectivity index (χ4v) is 1.64. The Labute approximate surface area is 110 Å². The van der Waals surface area contributed by atoms with Gasteiger partial charge in [0.2, 0.25) is 0 Å². The van der Waals surface area contributed by atoms with Gasteiger partial charge in [0, 0.05) is 19.2 Å². The SMILES string of the molecule is CC(C)CCOCCNC(C)c1ccc(F)cc1. The Hall–Kier alpha value is -0.930. The molecule has 1 N–H and O–H groups in total. The van der Waals surface area contributed by atoms with Crippen LogP contribution in [0.5, 0.6) is 0 Å². The summed E-state index contributed by atoms with van der Waals surface area (Å²) in [5, 5.41) is 3.36. The molecule has 102 valence electrons. The molecule has 2 nitrogen and oxygen atoms in total. The van der Waals surface area contributed by atoms with Gasteiger partial charge in [-0.25, -0.2) is 4.39 Å². The van der Waals surface area contributed by atoms with E-state index in [1.54, 1.807) is 0 Å². The number of hydrogen-bond acceptors (Lipinski definition) is 2. The van der Waals surface area contributed by atoms with Crippen molar-refractivity contribution in [3.05, 3.63) is 35.6 Å². The van der Waals surface area contributed by atoms with E-state index >= 15 is 0 Å². The molecule has 0 amide bonds. The Kier molecular flexibility index (Phi) is 6.91. The lowest BCUT2D eigenvalue weighted by atomic mass is 10.1. The van der Waals surface area contributed by atoms with Gasteiger partial charge in [0.1, 0.15) is 5.82 Å². The summed E-state index contributed by atoms with van der Waals surface area (Å²) < 4.78 is 18.3. The Morgan fingerprint density at radius 3 is 2.39 bits per heavy atom. The van der Waals surface area contributed by atoms with Gasteiger partial charge >= 0.3 is 0 Å². The van der Waals surface area contributed by atoms with Crippen LogP contribution in [0, 0.1) is 11.7 Å². The topological polar surface area (TPSA) is 21.3 Å². The minimum Gasteiger partial charge on any atom is -0.380 e. The molecule has 1 atom stereocenters. The van der Waals surface area contributed by atoms with E-state index in [2.05, 4.69) is 26.1 Å². The molecular weight excluding hydrogens is 229 g/mol. The molecular formula is C15H24FNO. The molecule has 18 heavy (non-hydrogen) atoms. The second-order valence-electron chi connectivity index (χ2n) is 5.02. The van der Waals surface area contributed by atoms with Gasteiger partial charge < -0.3 is 10.1 Å². The van der Waals surface area contributed by atoms with Crippen LogP contribution in [-0.4, -0.2) is 19.8 Å². The summed E-state index contributed by atoms with van der Waals surface area (Å²) in [4.78, 5) is 0. The first kappa shape index (κ1) is 15.1. The van der Waals surface area contributed by atoms with E-state index in [-0.39, 0.29) is 11.9 Å². The molecule has 0 fully saturated rings. The van der Waals surface area contributed by atoms with Crippen molar-refractivity contribution in [3.63, 3.8) is 0 Å². The molecule has 0 aliphatic heterocycles. The molecule has 0 aliphatic rings. The maximum atomic E-state index is 12.8. The maximum absolute atomic E-state index is 12.8. The van der Waals surface area contributed by atoms with Crippen LogP contribution in [0.15, 0.2) is 24.3 Å². The van der Waals surface area contributed by atoms with Crippen molar-refractivity contribution in [1.82, 2.24) is 5.32 Å². The maximum Gasteiger partial charge on any atom is 0.123 e. The molecule has 0 bridgehead atoms. The highest BCUT2D eigenvalue weighted by Crippen LogP contribution is 2.12. The van der Waals surface area contributed by atoms with Gasteiger partial charge in [-0.3, -0.25) is 0 Å². The molecule has 0 spiro atoms. The van der Waals surface area contributed by atoms with Crippen LogP contribution in [0.3, 0.4) is 0 Å². The molecule has 0 aliphatic carbocycles. The molecule has 0 radical (unpaired) electrons.